The van der Waals surface area contributed by atoms with E-state index in [-0.39, 0.29) is 17.7 Å². The molecular formula is C25H29ClN2O3. The fraction of sp³-hybridized carbons (Fsp3) is 0.520. The van der Waals surface area contributed by atoms with E-state index in [0.717, 1.165) is 37.2 Å². The van der Waals surface area contributed by atoms with Crippen LogP contribution in [0.4, 0.5) is 0 Å². The molecule has 1 aliphatic heterocycles. The molecular weight excluding hydrogens is 412 g/mol. The highest BCUT2D eigenvalue weighted by Crippen LogP contribution is 2.47. The van der Waals surface area contributed by atoms with Crippen molar-refractivity contribution < 1.29 is 14.0 Å². The van der Waals surface area contributed by atoms with Gasteiger partial charge in [0.2, 0.25) is 5.91 Å². The van der Waals surface area contributed by atoms with Crippen molar-refractivity contribution >= 4 is 23.4 Å². The normalized spacial score (nSPS) is 25.4. The zero-order chi connectivity index (χ0) is 21.5. The molecule has 0 spiro atoms. The Kier molecular flexibility index (Phi) is 5.55. The first kappa shape index (κ1) is 20.6. The molecule has 3 atom stereocenters. The number of furan rings is 1. The Morgan fingerprint density at radius 2 is 1.87 bits per heavy atom. The molecule has 3 unspecified atom stereocenters. The Hall–Kier alpha value is -2.27. The van der Waals surface area contributed by atoms with Crippen LogP contribution < -0.4 is 0 Å². The minimum Gasteiger partial charge on any atom is -0.464 e. The smallest absolute Gasteiger partial charge is 0.253 e. The molecule has 0 N–H and O–H groups in total. The summed E-state index contributed by atoms with van der Waals surface area (Å²) in [5.74, 6) is 3.16. The van der Waals surface area contributed by atoms with Gasteiger partial charge in [-0.25, -0.2) is 0 Å². The number of carbonyl (C=O) groups is 2. The summed E-state index contributed by atoms with van der Waals surface area (Å²) >= 11 is 5.95. The van der Waals surface area contributed by atoms with Gasteiger partial charge in [-0.2, -0.15) is 0 Å². The van der Waals surface area contributed by atoms with E-state index in [1.54, 1.807) is 24.3 Å². The van der Waals surface area contributed by atoms with E-state index in [4.69, 9.17) is 16.0 Å². The molecule has 2 saturated carbocycles. The molecule has 6 heteroatoms. The second-order valence-corrected chi connectivity index (χ2v) is 9.85. The number of piperidine rings is 1. The lowest BCUT2D eigenvalue weighted by Gasteiger charge is -2.35. The summed E-state index contributed by atoms with van der Waals surface area (Å²) in [6, 6.07) is 11.4. The van der Waals surface area contributed by atoms with Crippen LogP contribution in [0.25, 0.3) is 0 Å². The summed E-state index contributed by atoms with van der Waals surface area (Å²) in [7, 11) is 0. The average Bonchev–Trinajstić information content (AvgIpc) is 3.71. The Labute approximate surface area is 188 Å². The molecule has 3 aliphatic rings. The molecule has 2 aliphatic carbocycles. The van der Waals surface area contributed by atoms with Crippen LogP contribution in [-0.2, 0) is 11.3 Å². The quantitative estimate of drug-likeness (QED) is 0.627. The monoisotopic (exact) mass is 440 g/mol. The van der Waals surface area contributed by atoms with E-state index in [2.05, 4.69) is 13.0 Å². The lowest BCUT2D eigenvalue weighted by molar-refractivity contribution is -0.138. The predicted molar refractivity (Wildman–Crippen MR) is 119 cm³/mol. The lowest BCUT2D eigenvalue weighted by Crippen LogP contribution is -2.47. The van der Waals surface area contributed by atoms with Gasteiger partial charge in [-0.05, 0) is 74.4 Å². The molecule has 5 nitrogen and oxygen atoms in total. The van der Waals surface area contributed by atoms with Crippen LogP contribution >= 0.6 is 11.6 Å². The first-order chi connectivity index (χ1) is 15.0. The second-order valence-electron chi connectivity index (χ2n) is 9.42. The van der Waals surface area contributed by atoms with Gasteiger partial charge >= 0.3 is 0 Å². The van der Waals surface area contributed by atoms with Crippen molar-refractivity contribution in [3.8, 4) is 0 Å². The van der Waals surface area contributed by atoms with Gasteiger partial charge in [-0.15, -0.1) is 0 Å². The maximum absolute atomic E-state index is 13.5. The number of amides is 2. The molecule has 0 radical (unpaired) electrons. The van der Waals surface area contributed by atoms with Crippen molar-refractivity contribution in [3.05, 3.63) is 58.5 Å². The molecule has 164 valence electrons. The first-order valence-corrected chi connectivity index (χ1v) is 11.8. The number of carbonyl (C=O) groups excluding carboxylic acids is 2. The Morgan fingerprint density at radius 3 is 2.55 bits per heavy atom. The van der Waals surface area contributed by atoms with Crippen LogP contribution in [-0.4, -0.2) is 40.7 Å². The topological polar surface area (TPSA) is 53.8 Å². The number of hydrogen-bond donors (Lipinski definition) is 0. The molecule has 3 fully saturated rings. The van der Waals surface area contributed by atoms with Gasteiger partial charge in [0.1, 0.15) is 11.5 Å². The molecule has 2 heterocycles. The van der Waals surface area contributed by atoms with Gasteiger partial charge in [0.15, 0.2) is 0 Å². The molecule has 31 heavy (non-hydrogen) atoms. The number of benzene rings is 1. The standard InChI is InChI=1S/C25H29ClN2O3/c1-16-13-22(16)23-11-10-21(31-23)15-28(20-8-9-20)25(30)18-3-2-12-27(14-18)24(29)17-4-6-19(26)7-5-17/h4-7,10-11,16,18,20,22H,2-3,8-9,12-15H2,1H3. The highest BCUT2D eigenvalue weighted by molar-refractivity contribution is 6.30. The van der Waals surface area contributed by atoms with Crippen molar-refractivity contribution in [2.75, 3.05) is 13.1 Å². The highest BCUT2D eigenvalue weighted by Gasteiger charge is 2.40. The molecule has 2 aromatic rings. The third-order valence-electron chi connectivity index (χ3n) is 6.90. The third-order valence-corrected chi connectivity index (χ3v) is 7.16. The van der Waals surface area contributed by atoms with E-state index in [9.17, 15) is 9.59 Å². The SMILES string of the molecule is CC1CC1c1ccc(CN(C(=O)C2CCCN(C(=O)c3ccc(Cl)cc3)C2)C2CC2)o1. The summed E-state index contributed by atoms with van der Waals surface area (Å²) in [6.07, 6.45) is 4.98. The molecule has 1 aromatic heterocycles. The van der Waals surface area contributed by atoms with Crippen LogP contribution in [0, 0.1) is 11.8 Å². The van der Waals surface area contributed by atoms with Gasteiger partial charge < -0.3 is 14.2 Å². The van der Waals surface area contributed by atoms with E-state index < -0.39 is 0 Å². The zero-order valence-electron chi connectivity index (χ0n) is 17.9. The molecule has 1 aromatic carbocycles. The van der Waals surface area contributed by atoms with E-state index in [1.807, 2.05) is 15.9 Å². The maximum atomic E-state index is 13.5. The number of rotatable bonds is 6. The summed E-state index contributed by atoms with van der Waals surface area (Å²) < 4.78 is 6.08. The van der Waals surface area contributed by atoms with Crippen LogP contribution in [0.1, 0.15) is 66.8 Å². The fourth-order valence-corrected chi connectivity index (χ4v) is 4.84. The highest BCUT2D eigenvalue weighted by atomic mass is 35.5. The lowest BCUT2D eigenvalue weighted by atomic mass is 9.95. The number of halogens is 1. The van der Waals surface area contributed by atoms with Crippen LogP contribution in [0.5, 0.6) is 0 Å². The maximum Gasteiger partial charge on any atom is 0.253 e. The first-order valence-electron chi connectivity index (χ1n) is 11.4. The minimum absolute atomic E-state index is 0.0265. The van der Waals surface area contributed by atoms with E-state index >= 15 is 0 Å². The summed E-state index contributed by atoms with van der Waals surface area (Å²) in [5.41, 5.74) is 0.619. The largest absolute Gasteiger partial charge is 0.464 e. The van der Waals surface area contributed by atoms with Crippen LogP contribution in [0.3, 0.4) is 0 Å². The van der Waals surface area contributed by atoms with Crippen molar-refractivity contribution in [1.29, 1.82) is 0 Å². The zero-order valence-corrected chi connectivity index (χ0v) is 18.7. The van der Waals surface area contributed by atoms with Gasteiger partial charge in [0.25, 0.3) is 5.91 Å². The Morgan fingerprint density at radius 1 is 1.13 bits per heavy atom. The van der Waals surface area contributed by atoms with Gasteiger partial charge in [-0.3, -0.25) is 9.59 Å². The van der Waals surface area contributed by atoms with Gasteiger partial charge in [0.05, 0.1) is 12.5 Å². The summed E-state index contributed by atoms with van der Waals surface area (Å²) in [4.78, 5) is 30.2. The number of hydrogen-bond acceptors (Lipinski definition) is 3. The van der Waals surface area contributed by atoms with Crippen molar-refractivity contribution in [2.24, 2.45) is 11.8 Å². The van der Waals surface area contributed by atoms with Gasteiger partial charge in [-0.1, -0.05) is 18.5 Å². The molecule has 0 bridgehead atoms. The summed E-state index contributed by atoms with van der Waals surface area (Å²) in [5, 5.41) is 0.612. The fourth-order valence-electron chi connectivity index (χ4n) is 4.71. The third kappa shape index (κ3) is 4.52. The van der Waals surface area contributed by atoms with Gasteiger partial charge in [0, 0.05) is 35.6 Å². The number of likely N-dealkylation sites (tertiary alicyclic amines) is 1. The van der Waals surface area contributed by atoms with Crippen LogP contribution in [0.2, 0.25) is 5.02 Å². The molecule has 1 saturated heterocycles. The Balaban J connectivity index is 1.25. The molecule has 2 amide bonds. The second kappa shape index (κ2) is 8.34. The Bertz CT molecular complexity index is 965. The summed E-state index contributed by atoms with van der Waals surface area (Å²) in [6.45, 7) is 3.95. The molecule has 5 rings (SSSR count). The minimum atomic E-state index is -0.150. The van der Waals surface area contributed by atoms with E-state index in [0.29, 0.717) is 48.1 Å². The van der Waals surface area contributed by atoms with E-state index in [1.165, 1.54) is 6.42 Å². The van der Waals surface area contributed by atoms with Crippen molar-refractivity contribution in [3.63, 3.8) is 0 Å². The predicted octanol–water partition coefficient (Wildman–Crippen LogP) is 5.10. The van der Waals surface area contributed by atoms with Crippen molar-refractivity contribution in [1.82, 2.24) is 9.80 Å². The number of nitrogens with zero attached hydrogens (tertiary/aromatic N) is 2. The van der Waals surface area contributed by atoms with Crippen LogP contribution in [0.15, 0.2) is 40.8 Å². The van der Waals surface area contributed by atoms with Crippen molar-refractivity contribution in [2.45, 2.75) is 57.5 Å². The average molecular weight is 441 g/mol.